The minimum atomic E-state index is -0.619. The predicted octanol–water partition coefficient (Wildman–Crippen LogP) is 4.85. The third kappa shape index (κ3) is 2.06. The van der Waals surface area contributed by atoms with Crippen molar-refractivity contribution in [1.82, 2.24) is 0 Å². The molecule has 1 atom stereocenters. The number of hydrogen-bond donors (Lipinski definition) is 1. The predicted molar refractivity (Wildman–Crippen MR) is 83.5 cm³/mol. The van der Waals surface area contributed by atoms with Crippen molar-refractivity contribution in [1.29, 1.82) is 0 Å². The molecule has 2 nitrogen and oxygen atoms in total. The molecule has 2 aromatic carbocycles. The fraction of sp³-hybridized carbons (Fsp3) is 0.222. The molecular formula is C18H15ClO2. The Morgan fingerprint density at radius 2 is 1.81 bits per heavy atom. The minimum Gasteiger partial charge on any atom is -0.458 e. The van der Waals surface area contributed by atoms with E-state index in [9.17, 15) is 5.11 Å². The second kappa shape index (κ2) is 4.62. The van der Waals surface area contributed by atoms with E-state index in [1.165, 1.54) is 5.56 Å². The van der Waals surface area contributed by atoms with Crippen molar-refractivity contribution in [3.05, 3.63) is 70.9 Å². The normalized spacial score (nSPS) is 17.8. The Bertz CT molecular complexity index is 787. The Morgan fingerprint density at radius 3 is 2.52 bits per heavy atom. The Hall–Kier alpha value is -1.77. The smallest absolute Gasteiger partial charge is 0.134 e. The largest absolute Gasteiger partial charge is 0.458 e. The summed E-state index contributed by atoms with van der Waals surface area (Å²) in [5.41, 5.74) is 1.74. The molecule has 1 unspecified atom stereocenters. The minimum absolute atomic E-state index is 0.196. The zero-order valence-corrected chi connectivity index (χ0v) is 12.2. The first-order valence-corrected chi connectivity index (χ1v) is 7.49. The molecular weight excluding hydrogens is 284 g/mol. The highest BCUT2D eigenvalue weighted by Gasteiger charge is 2.52. The van der Waals surface area contributed by atoms with Gasteiger partial charge in [-0.3, -0.25) is 0 Å². The van der Waals surface area contributed by atoms with Gasteiger partial charge in [0.05, 0.1) is 0 Å². The Kier molecular flexibility index (Phi) is 2.84. The molecule has 1 saturated carbocycles. The number of fused-ring (bicyclic) bond motifs is 1. The van der Waals surface area contributed by atoms with Crippen molar-refractivity contribution in [2.45, 2.75) is 24.4 Å². The van der Waals surface area contributed by atoms with Crippen molar-refractivity contribution in [3.63, 3.8) is 0 Å². The van der Waals surface area contributed by atoms with Crippen LogP contribution in [0, 0.1) is 0 Å². The van der Waals surface area contributed by atoms with Crippen LogP contribution in [-0.2, 0) is 5.41 Å². The molecule has 3 heteroatoms. The lowest BCUT2D eigenvalue weighted by Gasteiger charge is -2.20. The molecule has 0 amide bonds. The SMILES string of the molecule is OC(c1cc2cc(Cl)ccc2o1)C1(c2ccccc2)CC1. The molecule has 0 radical (unpaired) electrons. The summed E-state index contributed by atoms with van der Waals surface area (Å²) < 4.78 is 5.82. The van der Waals surface area contributed by atoms with Crippen LogP contribution in [0.25, 0.3) is 11.0 Å². The second-order valence-electron chi connectivity index (χ2n) is 5.76. The highest BCUT2D eigenvalue weighted by molar-refractivity contribution is 6.31. The maximum absolute atomic E-state index is 10.8. The monoisotopic (exact) mass is 298 g/mol. The van der Waals surface area contributed by atoms with E-state index in [2.05, 4.69) is 12.1 Å². The topological polar surface area (TPSA) is 33.4 Å². The van der Waals surface area contributed by atoms with Gasteiger partial charge in [0, 0.05) is 15.8 Å². The van der Waals surface area contributed by atoms with E-state index in [-0.39, 0.29) is 5.41 Å². The number of halogens is 1. The average Bonchev–Trinajstić information content (AvgIpc) is 3.21. The molecule has 106 valence electrons. The summed E-state index contributed by atoms with van der Waals surface area (Å²) in [7, 11) is 0. The Morgan fingerprint density at radius 1 is 1.05 bits per heavy atom. The summed E-state index contributed by atoms with van der Waals surface area (Å²) in [6.45, 7) is 0. The van der Waals surface area contributed by atoms with Gasteiger partial charge in [-0.1, -0.05) is 41.9 Å². The summed E-state index contributed by atoms with van der Waals surface area (Å²) >= 11 is 6.00. The van der Waals surface area contributed by atoms with Crippen LogP contribution in [0.5, 0.6) is 0 Å². The van der Waals surface area contributed by atoms with E-state index >= 15 is 0 Å². The van der Waals surface area contributed by atoms with Crippen LogP contribution in [0.15, 0.2) is 59.0 Å². The van der Waals surface area contributed by atoms with Crippen LogP contribution in [0.1, 0.15) is 30.3 Å². The lowest BCUT2D eigenvalue weighted by Crippen LogP contribution is -2.17. The first-order chi connectivity index (χ1) is 10.2. The van der Waals surface area contributed by atoms with Crippen LogP contribution in [0.3, 0.4) is 0 Å². The van der Waals surface area contributed by atoms with E-state index in [0.29, 0.717) is 10.8 Å². The number of benzene rings is 2. The number of aliphatic hydroxyl groups excluding tert-OH is 1. The van der Waals surface area contributed by atoms with E-state index in [0.717, 1.165) is 23.8 Å². The molecule has 4 rings (SSSR count). The first-order valence-electron chi connectivity index (χ1n) is 7.12. The van der Waals surface area contributed by atoms with Gasteiger partial charge in [-0.25, -0.2) is 0 Å². The van der Waals surface area contributed by atoms with Crippen LogP contribution in [0.2, 0.25) is 5.02 Å². The highest BCUT2D eigenvalue weighted by atomic mass is 35.5. The van der Waals surface area contributed by atoms with E-state index in [1.54, 1.807) is 6.07 Å². The van der Waals surface area contributed by atoms with Gasteiger partial charge in [0.15, 0.2) is 0 Å². The molecule has 1 aliphatic rings. The lowest BCUT2D eigenvalue weighted by molar-refractivity contribution is 0.110. The van der Waals surface area contributed by atoms with Gasteiger partial charge in [0.2, 0.25) is 0 Å². The molecule has 21 heavy (non-hydrogen) atoms. The van der Waals surface area contributed by atoms with Crippen LogP contribution in [0.4, 0.5) is 0 Å². The van der Waals surface area contributed by atoms with Crippen molar-refractivity contribution in [2.75, 3.05) is 0 Å². The van der Waals surface area contributed by atoms with E-state index in [4.69, 9.17) is 16.0 Å². The van der Waals surface area contributed by atoms with Crippen LogP contribution >= 0.6 is 11.6 Å². The summed E-state index contributed by atoms with van der Waals surface area (Å²) in [5.74, 6) is 0.619. The molecule has 1 N–H and O–H groups in total. The number of hydrogen-bond acceptors (Lipinski definition) is 2. The molecule has 1 aromatic heterocycles. The summed E-state index contributed by atoms with van der Waals surface area (Å²) in [6.07, 6.45) is 1.34. The summed E-state index contributed by atoms with van der Waals surface area (Å²) in [6, 6.07) is 17.6. The maximum atomic E-state index is 10.8. The zero-order chi connectivity index (χ0) is 14.4. The molecule has 1 aliphatic carbocycles. The second-order valence-corrected chi connectivity index (χ2v) is 6.19. The number of rotatable bonds is 3. The van der Waals surface area contributed by atoms with E-state index < -0.39 is 6.10 Å². The van der Waals surface area contributed by atoms with Crippen molar-refractivity contribution in [2.24, 2.45) is 0 Å². The molecule has 3 aromatic rings. The lowest BCUT2D eigenvalue weighted by atomic mass is 9.88. The summed E-state index contributed by atoms with van der Waals surface area (Å²) in [4.78, 5) is 0. The van der Waals surface area contributed by atoms with Gasteiger partial charge in [-0.15, -0.1) is 0 Å². The van der Waals surface area contributed by atoms with Crippen molar-refractivity contribution >= 4 is 22.6 Å². The van der Waals surface area contributed by atoms with Crippen molar-refractivity contribution in [3.8, 4) is 0 Å². The average molecular weight is 299 g/mol. The number of aliphatic hydroxyl groups is 1. The van der Waals surface area contributed by atoms with Gasteiger partial charge in [-0.2, -0.15) is 0 Å². The third-order valence-corrected chi connectivity index (χ3v) is 4.66. The molecule has 0 aliphatic heterocycles. The summed E-state index contributed by atoms with van der Waals surface area (Å²) in [5, 5.41) is 12.4. The molecule has 0 spiro atoms. The third-order valence-electron chi connectivity index (χ3n) is 4.43. The molecule has 0 bridgehead atoms. The molecule has 1 heterocycles. The fourth-order valence-electron chi connectivity index (χ4n) is 3.07. The number of furan rings is 1. The van der Waals surface area contributed by atoms with Crippen LogP contribution in [-0.4, -0.2) is 5.11 Å². The van der Waals surface area contributed by atoms with Crippen molar-refractivity contribution < 1.29 is 9.52 Å². The molecule has 1 fully saturated rings. The molecule has 0 saturated heterocycles. The van der Waals surface area contributed by atoms with Gasteiger partial charge >= 0.3 is 0 Å². The first kappa shape index (κ1) is 12.9. The Labute approximate surface area is 128 Å². The zero-order valence-electron chi connectivity index (χ0n) is 11.4. The quantitative estimate of drug-likeness (QED) is 0.749. The van der Waals surface area contributed by atoms with Gasteiger partial charge < -0.3 is 9.52 Å². The fourth-order valence-corrected chi connectivity index (χ4v) is 3.25. The van der Waals surface area contributed by atoms with Gasteiger partial charge in [0.1, 0.15) is 17.4 Å². The van der Waals surface area contributed by atoms with E-state index in [1.807, 2.05) is 36.4 Å². The Balaban J connectivity index is 1.75. The maximum Gasteiger partial charge on any atom is 0.134 e. The van der Waals surface area contributed by atoms with Gasteiger partial charge in [-0.05, 0) is 42.7 Å². The van der Waals surface area contributed by atoms with Crippen LogP contribution < -0.4 is 0 Å². The standard InChI is InChI=1S/C18H15ClO2/c19-14-6-7-15-12(10-14)11-16(21-15)17(20)18(8-9-18)13-4-2-1-3-5-13/h1-7,10-11,17,20H,8-9H2. The highest BCUT2D eigenvalue weighted by Crippen LogP contribution is 2.56. The van der Waals surface area contributed by atoms with Gasteiger partial charge in [0.25, 0.3) is 0 Å².